The monoisotopic (exact) mass is 399 g/mol. The molecular weight excluding hydrogens is 387 g/mol. The zero-order valence-corrected chi connectivity index (χ0v) is 14.7. The van der Waals surface area contributed by atoms with Gasteiger partial charge < -0.3 is 9.73 Å². The summed E-state index contributed by atoms with van der Waals surface area (Å²) in [7, 11) is 0. The Morgan fingerprint density at radius 3 is 2.77 bits per heavy atom. The van der Waals surface area contributed by atoms with E-state index < -0.39 is 11.9 Å². The first-order chi connectivity index (χ1) is 12.4. The third-order valence-electron chi connectivity index (χ3n) is 3.14. The Morgan fingerprint density at radius 1 is 1.27 bits per heavy atom. The number of thioether (sulfide) groups is 1. The van der Waals surface area contributed by atoms with Crippen molar-refractivity contribution >= 4 is 29.0 Å². The quantitative estimate of drug-likeness (QED) is 0.496. The summed E-state index contributed by atoms with van der Waals surface area (Å²) in [6.45, 7) is 0.205. The lowest BCUT2D eigenvalue weighted by Crippen LogP contribution is -2.24. The molecular formula is C16H12F3N3O2S2. The summed E-state index contributed by atoms with van der Waals surface area (Å²) >= 11 is 2.13. The lowest BCUT2D eigenvalue weighted by molar-refractivity contribution is -0.141. The Labute approximate surface area is 154 Å². The van der Waals surface area contributed by atoms with Gasteiger partial charge in [-0.05, 0) is 29.6 Å². The van der Waals surface area contributed by atoms with Gasteiger partial charge in [0.25, 0.3) is 0 Å². The zero-order chi connectivity index (χ0) is 18.6. The molecule has 0 aliphatic heterocycles. The summed E-state index contributed by atoms with van der Waals surface area (Å²) in [6, 6.07) is 7.71. The third-order valence-corrected chi connectivity index (χ3v) is 4.88. The van der Waals surface area contributed by atoms with Gasteiger partial charge in [-0.25, -0.2) is 9.97 Å². The SMILES string of the molecule is O=C(CSc1nc(-c2cccs2)cc(C(F)(F)F)n1)NCc1ccco1. The average Bonchev–Trinajstić information content (AvgIpc) is 3.30. The summed E-state index contributed by atoms with van der Waals surface area (Å²) in [5.74, 6) is 0.120. The number of carbonyl (C=O) groups excluding carboxylic acids is 1. The second kappa shape index (κ2) is 7.92. The maximum absolute atomic E-state index is 13.1. The summed E-state index contributed by atoms with van der Waals surface area (Å²) in [5.41, 5.74) is -0.852. The Bertz CT molecular complexity index is 866. The van der Waals surface area contributed by atoms with Gasteiger partial charge >= 0.3 is 6.18 Å². The second-order valence-electron chi connectivity index (χ2n) is 5.04. The molecule has 1 amide bonds. The van der Waals surface area contributed by atoms with Crippen LogP contribution in [0.25, 0.3) is 10.6 Å². The fourth-order valence-electron chi connectivity index (χ4n) is 1.97. The minimum atomic E-state index is -4.59. The van der Waals surface area contributed by atoms with Crippen molar-refractivity contribution in [1.29, 1.82) is 0 Å². The lowest BCUT2D eigenvalue weighted by Gasteiger charge is -2.09. The van der Waals surface area contributed by atoms with Crippen LogP contribution in [0.5, 0.6) is 0 Å². The number of nitrogens with one attached hydrogen (secondary N) is 1. The molecule has 3 aromatic heterocycles. The van der Waals surface area contributed by atoms with Crippen molar-refractivity contribution in [1.82, 2.24) is 15.3 Å². The summed E-state index contributed by atoms with van der Waals surface area (Å²) in [5, 5.41) is 4.26. The standard InChI is InChI=1S/C16H12F3N3O2S2/c17-16(18,19)13-7-11(12-4-2-6-25-12)21-15(22-13)26-9-14(23)20-8-10-3-1-5-24-10/h1-7H,8-9H2,(H,20,23). The van der Waals surface area contributed by atoms with Gasteiger partial charge in [0, 0.05) is 0 Å². The average molecular weight is 399 g/mol. The Balaban J connectivity index is 1.70. The van der Waals surface area contributed by atoms with Crippen LogP contribution >= 0.6 is 23.1 Å². The van der Waals surface area contributed by atoms with Gasteiger partial charge in [-0.3, -0.25) is 4.79 Å². The van der Waals surface area contributed by atoms with Crippen molar-refractivity contribution in [2.24, 2.45) is 0 Å². The van der Waals surface area contributed by atoms with Crippen LogP contribution in [0.4, 0.5) is 13.2 Å². The Hall–Kier alpha value is -2.33. The summed E-state index contributed by atoms with van der Waals surface area (Å²) in [6.07, 6.45) is -3.11. The van der Waals surface area contributed by atoms with E-state index in [1.165, 1.54) is 17.6 Å². The normalized spacial score (nSPS) is 11.5. The second-order valence-corrected chi connectivity index (χ2v) is 6.93. The number of thiophene rings is 1. The fourth-order valence-corrected chi connectivity index (χ4v) is 3.34. The molecule has 0 spiro atoms. The highest BCUT2D eigenvalue weighted by Gasteiger charge is 2.34. The minimum Gasteiger partial charge on any atom is -0.467 e. The van der Waals surface area contributed by atoms with Crippen LogP contribution < -0.4 is 5.32 Å². The number of hydrogen-bond donors (Lipinski definition) is 1. The van der Waals surface area contributed by atoms with Crippen molar-refractivity contribution in [2.75, 3.05) is 5.75 Å². The number of halogens is 3. The molecule has 3 heterocycles. The van der Waals surface area contributed by atoms with E-state index in [2.05, 4.69) is 15.3 Å². The summed E-state index contributed by atoms with van der Waals surface area (Å²) < 4.78 is 44.3. The minimum absolute atomic E-state index is 0.101. The molecule has 1 N–H and O–H groups in total. The first-order valence-electron chi connectivity index (χ1n) is 7.34. The number of aromatic nitrogens is 2. The maximum Gasteiger partial charge on any atom is 0.433 e. The molecule has 0 aromatic carbocycles. The topological polar surface area (TPSA) is 68.0 Å². The molecule has 0 fully saturated rings. The van der Waals surface area contributed by atoms with E-state index in [0.717, 1.165) is 17.8 Å². The predicted molar refractivity (Wildman–Crippen MR) is 91.6 cm³/mol. The number of furan rings is 1. The number of carbonyl (C=O) groups is 1. The smallest absolute Gasteiger partial charge is 0.433 e. The molecule has 0 aliphatic carbocycles. The van der Waals surface area contributed by atoms with E-state index >= 15 is 0 Å². The Kier molecular flexibility index (Phi) is 5.62. The molecule has 3 aromatic rings. The van der Waals surface area contributed by atoms with E-state index in [1.54, 1.807) is 29.6 Å². The van der Waals surface area contributed by atoms with Crippen molar-refractivity contribution in [3.8, 4) is 10.6 Å². The van der Waals surface area contributed by atoms with Crippen molar-refractivity contribution in [3.05, 3.63) is 53.4 Å². The highest BCUT2D eigenvalue weighted by molar-refractivity contribution is 7.99. The van der Waals surface area contributed by atoms with Crippen LogP contribution in [0.3, 0.4) is 0 Å². The van der Waals surface area contributed by atoms with E-state index in [1.807, 2.05) is 0 Å². The van der Waals surface area contributed by atoms with Crippen molar-refractivity contribution in [2.45, 2.75) is 17.9 Å². The van der Waals surface area contributed by atoms with Crippen LogP contribution in [0.15, 0.2) is 51.5 Å². The van der Waals surface area contributed by atoms with Gasteiger partial charge in [-0.2, -0.15) is 13.2 Å². The van der Waals surface area contributed by atoms with Gasteiger partial charge in [-0.15, -0.1) is 11.3 Å². The van der Waals surface area contributed by atoms with Crippen LogP contribution in [0, 0.1) is 0 Å². The lowest BCUT2D eigenvalue weighted by atomic mass is 10.3. The van der Waals surface area contributed by atoms with Gasteiger partial charge in [-0.1, -0.05) is 17.8 Å². The van der Waals surface area contributed by atoms with E-state index in [9.17, 15) is 18.0 Å². The molecule has 0 saturated carbocycles. The van der Waals surface area contributed by atoms with Gasteiger partial charge in [0.1, 0.15) is 11.5 Å². The van der Waals surface area contributed by atoms with Gasteiger partial charge in [0.2, 0.25) is 5.91 Å². The maximum atomic E-state index is 13.1. The number of alkyl halides is 3. The zero-order valence-electron chi connectivity index (χ0n) is 13.1. The molecule has 0 aliphatic rings. The number of amides is 1. The molecule has 0 bridgehead atoms. The molecule has 0 atom stereocenters. The van der Waals surface area contributed by atoms with Gasteiger partial charge in [0.15, 0.2) is 5.16 Å². The predicted octanol–water partition coefficient (Wildman–Crippen LogP) is 4.23. The molecule has 0 unspecified atom stereocenters. The molecule has 0 radical (unpaired) electrons. The fraction of sp³-hybridized carbons (Fsp3) is 0.188. The van der Waals surface area contributed by atoms with E-state index in [4.69, 9.17) is 4.42 Å². The van der Waals surface area contributed by atoms with Crippen LogP contribution in [-0.4, -0.2) is 21.6 Å². The molecule has 3 rings (SSSR count). The summed E-state index contributed by atoms with van der Waals surface area (Å²) in [4.78, 5) is 20.1. The number of rotatable bonds is 6. The number of nitrogens with zero attached hydrogens (tertiary/aromatic N) is 2. The molecule has 0 saturated heterocycles. The molecule has 26 heavy (non-hydrogen) atoms. The molecule has 5 nitrogen and oxygen atoms in total. The first-order valence-corrected chi connectivity index (χ1v) is 9.20. The highest BCUT2D eigenvalue weighted by Crippen LogP contribution is 2.33. The van der Waals surface area contributed by atoms with E-state index in [-0.39, 0.29) is 29.1 Å². The van der Waals surface area contributed by atoms with Crippen LogP contribution in [0.1, 0.15) is 11.5 Å². The number of hydrogen-bond acceptors (Lipinski definition) is 6. The van der Waals surface area contributed by atoms with Crippen LogP contribution in [0.2, 0.25) is 0 Å². The molecule has 136 valence electrons. The largest absolute Gasteiger partial charge is 0.467 e. The highest BCUT2D eigenvalue weighted by atomic mass is 32.2. The molecule has 10 heteroatoms. The van der Waals surface area contributed by atoms with Crippen molar-refractivity contribution in [3.63, 3.8) is 0 Å². The first kappa shape index (κ1) is 18.5. The Morgan fingerprint density at radius 2 is 2.12 bits per heavy atom. The third kappa shape index (κ3) is 4.85. The van der Waals surface area contributed by atoms with Gasteiger partial charge in [0.05, 0.1) is 29.1 Å². The van der Waals surface area contributed by atoms with Crippen molar-refractivity contribution < 1.29 is 22.4 Å². The van der Waals surface area contributed by atoms with Crippen LogP contribution in [-0.2, 0) is 17.5 Å². The van der Waals surface area contributed by atoms with E-state index in [0.29, 0.717) is 10.6 Å².